The van der Waals surface area contributed by atoms with Gasteiger partial charge in [-0.25, -0.2) is 0 Å². The summed E-state index contributed by atoms with van der Waals surface area (Å²) in [5.41, 5.74) is 4.05. The molecule has 6 heteroatoms. The van der Waals surface area contributed by atoms with Crippen molar-refractivity contribution in [2.45, 2.75) is 6.61 Å². The quantitative estimate of drug-likeness (QED) is 0.372. The summed E-state index contributed by atoms with van der Waals surface area (Å²) in [6.45, 7) is 3.11. The lowest BCUT2D eigenvalue weighted by Gasteiger charge is -2.37. The number of nitrogens with zero attached hydrogens (tertiary/aromatic N) is 2. The van der Waals surface area contributed by atoms with Gasteiger partial charge in [-0.15, -0.1) is 0 Å². The van der Waals surface area contributed by atoms with E-state index >= 15 is 0 Å². The maximum Gasteiger partial charge on any atom is 0.255 e. The Kier molecular flexibility index (Phi) is 7.46. The van der Waals surface area contributed by atoms with Crippen LogP contribution in [0.1, 0.15) is 26.3 Å². The van der Waals surface area contributed by atoms with Crippen molar-refractivity contribution in [2.75, 3.05) is 36.4 Å². The number of amides is 2. The first kappa shape index (κ1) is 24.1. The Hall–Kier alpha value is -4.58. The zero-order valence-electron chi connectivity index (χ0n) is 20.5. The second kappa shape index (κ2) is 11.4. The number of para-hydroxylation sites is 2. The highest BCUT2D eigenvalue weighted by atomic mass is 16.5. The van der Waals surface area contributed by atoms with Gasteiger partial charge >= 0.3 is 0 Å². The molecule has 2 amide bonds. The fourth-order valence-corrected chi connectivity index (χ4v) is 4.41. The number of carbonyl (C=O) groups excluding carboxylic acids is 2. The number of nitrogens with one attached hydrogen (secondary N) is 1. The van der Waals surface area contributed by atoms with Gasteiger partial charge in [0.15, 0.2) is 0 Å². The van der Waals surface area contributed by atoms with Crippen molar-refractivity contribution in [2.24, 2.45) is 0 Å². The number of hydrogen-bond acceptors (Lipinski definition) is 4. The predicted molar refractivity (Wildman–Crippen MR) is 146 cm³/mol. The lowest BCUT2D eigenvalue weighted by Crippen LogP contribution is -2.49. The van der Waals surface area contributed by atoms with Crippen LogP contribution in [0.4, 0.5) is 11.4 Å². The van der Waals surface area contributed by atoms with E-state index in [1.165, 1.54) is 0 Å². The van der Waals surface area contributed by atoms with Crippen molar-refractivity contribution in [1.82, 2.24) is 4.90 Å². The second-order valence-corrected chi connectivity index (χ2v) is 8.92. The minimum Gasteiger partial charge on any atom is -0.489 e. The second-order valence-electron chi connectivity index (χ2n) is 8.92. The zero-order valence-corrected chi connectivity index (χ0v) is 20.5. The van der Waals surface area contributed by atoms with Gasteiger partial charge < -0.3 is 19.9 Å². The van der Waals surface area contributed by atoms with Gasteiger partial charge in [-0.1, -0.05) is 60.7 Å². The van der Waals surface area contributed by atoms with Crippen LogP contribution < -0.4 is 15.0 Å². The van der Waals surface area contributed by atoms with Crippen LogP contribution in [-0.4, -0.2) is 42.9 Å². The molecule has 0 saturated carbocycles. The van der Waals surface area contributed by atoms with E-state index in [2.05, 4.69) is 10.2 Å². The lowest BCUT2D eigenvalue weighted by molar-refractivity contribution is 0.0746. The average Bonchev–Trinajstić information content (AvgIpc) is 2.97. The van der Waals surface area contributed by atoms with E-state index in [0.29, 0.717) is 49.7 Å². The summed E-state index contributed by atoms with van der Waals surface area (Å²) in [5.74, 6) is 0.585. The Labute approximate surface area is 217 Å². The number of rotatable bonds is 7. The summed E-state index contributed by atoms with van der Waals surface area (Å²) in [5, 5.41) is 3.06. The SMILES string of the molecule is O=C(Nc1ccccc1N1CCN(C(=O)c2ccccc2)CC1)c1ccc(OCc2ccccc2)cc1. The van der Waals surface area contributed by atoms with E-state index < -0.39 is 0 Å². The molecule has 1 heterocycles. The van der Waals surface area contributed by atoms with Crippen LogP contribution in [0.2, 0.25) is 0 Å². The minimum atomic E-state index is -0.181. The molecule has 5 rings (SSSR count). The van der Waals surface area contributed by atoms with E-state index in [1.54, 1.807) is 12.1 Å². The monoisotopic (exact) mass is 491 g/mol. The molecular formula is C31H29N3O3. The molecule has 0 aromatic heterocycles. The van der Waals surface area contributed by atoms with Gasteiger partial charge in [-0.2, -0.15) is 0 Å². The highest BCUT2D eigenvalue weighted by Gasteiger charge is 2.23. The van der Waals surface area contributed by atoms with E-state index in [0.717, 1.165) is 16.9 Å². The molecule has 1 N–H and O–H groups in total. The van der Waals surface area contributed by atoms with Crippen molar-refractivity contribution in [3.8, 4) is 5.75 Å². The van der Waals surface area contributed by atoms with Gasteiger partial charge in [0, 0.05) is 37.3 Å². The Bertz CT molecular complexity index is 1330. The number of ether oxygens (including phenoxy) is 1. The summed E-state index contributed by atoms with van der Waals surface area (Å²) in [6.07, 6.45) is 0. The van der Waals surface area contributed by atoms with E-state index in [9.17, 15) is 9.59 Å². The average molecular weight is 492 g/mol. The summed E-state index contributed by atoms with van der Waals surface area (Å²) >= 11 is 0. The highest BCUT2D eigenvalue weighted by Crippen LogP contribution is 2.28. The summed E-state index contributed by atoms with van der Waals surface area (Å²) in [4.78, 5) is 29.9. The third kappa shape index (κ3) is 5.98. The van der Waals surface area contributed by atoms with Crippen LogP contribution in [0, 0.1) is 0 Å². The van der Waals surface area contributed by atoms with Crippen molar-refractivity contribution >= 4 is 23.2 Å². The first-order chi connectivity index (χ1) is 18.2. The van der Waals surface area contributed by atoms with Crippen LogP contribution >= 0.6 is 0 Å². The fraction of sp³-hybridized carbons (Fsp3) is 0.161. The maximum atomic E-state index is 13.0. The summed E-state index contributed by atoms with van der Waals surface area (Å²) in [7, 11) is 0. The van der Waals surface area contributed by atoms with Crippen LogP contribution in [0.15, 0.2) is 109 Å². The first-order valence-corrected chi connectivity index (χ1v) is 12.4. The van der Waals surface area contributed by atoms with Gasteiger partial charge in [0.25, 0.3) is 11.8 Å². The molecule has 0 atom stereocenters. The van der Waals surface area contributed by atoms with Gasteiger partial charge in [0.2, 0.25) is 0 Å². The Morgan fingerprint density at radius 1 is 0.676 bits per heavy atom. The van der Waals surface area contributed by atoms with E-state index in [4.69, 9.17) is 4.74 Å². The number of piperazine rings is 1. The van der Waals surface area contributed by atoms with Crippen molar-refractivity contribution < 1.29 is 14.3 Å². The van der Waals surface area contributed by atoms with Crippen LogP contribution in [-0.2, 0) is 6.61 Å². The Balaban J connectivity index is 1.19. The third-order valence-corrected chi connectivity index (χ3v) is 6.45. The molecule has 6 nitrogen and oxygen atoms in total. The van der Waals surface area contributed by atoms with Gasteiger partial charge in [0.1, 0.15) is 12.4 Å². The number of carbonyl (C=O) groups is 2. The largest absolute Gasteiger partial charge is 0.489 e. The molecule has 1 aliphatic heterocycles. The van der Waals surface area contributed by atoms with Crippen molar-refractivity contribution in [3.05, 3.63) is 126 Å². The standard InChI is InChI=1S/C31H29N3O3/c35-30(25-15-17-27(18-16-25)37-23-24-9-3-1-4-10-24)32-28-13-7-8-14-29(28)33-19-21-34(22-20-33)31(36)26-11-5-2-6-12-26/h1-18H,19-23H2,(H,32,35). The molecule has 4 aromatic carbocycles. The molecular weight excluding hydrogens is 462 g/mol. The predicted octanol–water partition coefficient (Wildman–Crippen LogP) is 5.48. The normalized spacial score (nSPS) is 13.2. The number of benzene rings is 4. The van der Waals surface area contributed by atoms with Gasteiger partial charge in [-0.3, -0.25) is 9.59 Å². The number of hydrogen-bond donors (Lipinski definition) is 1. The highest BCUT2D eigenvalue weighted by molar-refractivity contribution is 6.06. The van der Waals surface area contributed by atoms with Crippen LogP contribution in [0.3, 0.4) is 0 Å². The van der Waals surface area contributed by atoms with Crippen molar-refractivity contribution in [1.29, 1.82) is 0 Å². The minimum absolute atomic E-state index is 0.0537. The Morgan fingerprint density at radius 3 is 2.00 bits per heavy atom. The maximum absolute atomic E-state index is 13.0. The molecule has 0 bridgehead atoms. The first-order valence-electron chi connectivity index (χ1n) is 12.4. The van der Waals surface area contributed by atoms with Crippen LogP contribution in [0.25, 0.3) is 0 Å². The molecule has 0 spiro atoms. The van der Waals surface area contributed by atoms with Crippen LogP contribution in [0.5, 0.6) is 5.75 Å². The third-order valence-electron chi connectivity index (χ3n) is 6.45. The lowest BCUT2D eigenvalue weighted by atomic mass is 10.1. The van der Waals surface area contributed by atoms with Gasteiger partial charge in [0.05, 0.1) is 11.4 Å². The smallest absolute Gasteiger partial charge is 0.255 e. The topological polar surface area (TPSA) is 61.9 Å². The molecule has 37 heavy (non-hydrogen) atoms. The molecule has 1 aliphatic rings. The Morgan fingerprint density at radius 2 is 1.30 bits per heavy atom. The van der Waals surface area contributed by atoms with E-state index in [1.807, 2.05) is 102 Å². The summed E-state index contributed by atoms with van der Waals surface area (Å²) in [6, 6.07) is 34.3. The molecule has 4 aromatic rings. The molecule has 0 aliphatic carbocycles. The zero-order chi connectivity index (χ0) is 25.5. The summed E-state index contributed by atoms with van der Waals surface area (Å²) < 4.78 is 5.83. The number of anilines is 2. The van der Waals surface area contributed by atoms with Gasteiger partial charge in [-0.05, 0) is 54.1 Å². The molecule has 1 fully saturated rings. The van der Waals surface area contributed by atoms with Crippen molar-refractivity contribution in [3.63, 3.8) is 0 Å². The molecule has 186 valence electrons. The fourth-order valence-electron chi connectivity index (χ4n) is 4.41. The molecule has 0 unspecified atom stereocenters. The molecule has 1 saturated heterocycles. The van der Waals surface area contributed by atoms with E-state index in [-0.39, 0.29) is 11.8 Å². The molecule has 0 radical (unpaired) electrons.